The van der Waals surface area contributed by atoms with Crippen molar-refractivity contribution in [2.45, 2.75) is 20.0 Å². The van der Waals surface area contributed by atoms with Gasteiger partial charge in [-0.2, -0.15) is 0 Å². The van der Waals surface area contributed by atoms with E-state index in [4.69, 9.17) is 14.3 Å². The maximum atomic E-state index is 12.0. The highest BCUT2D eigenvalue weighted by molar-refractivity contribution is 5.88. The second kappa shape index (κ2) is 8.15. The van der Waals surface area contributed by atoms with Crippen molar-refractivity contribution >= 4 is 28.8 Å². The minimum absolute atomic E-state index is 0.323. The van der Waals surface area contributed by atoms with Crippen LogP contribution < -0.4 is 21.0 Å². The number of aryl methyl sites for hydroxylation is 1. The van der Waals surface area contributed by atoms with Gasteiger partial charge in [-0.05, 0) is 31.5 Å². The lowest BCUT2D eigenvalue weighted by atomic mass is 10.1. The van der Waals surface area contributed by atoms with E-state index < -0.39 is 36.1 Å². The van der Waals surface area contributed by atoms with Gasteiger partial charge in [-0.15, -0.1) is 0 Å². The van der Waals surface area contributed by atoms with Gasteiger partial charge in [-0.1, -0.05) is 0 Å². The third-order valence-corrected chi connectivity index (χ3v) is 3.46. The number of ether oxygens (including phenoxy) is 1. The molecule has 1 atom stereocenters. The molecule has 2 aromatic rings. The number of aliphatic carboxylic acids is 1. The van der Waals surface area contributed by atoms with Gasteiger partial charge in [0.15, 0.2) is 6.10 Å². The first kappa shape index (κ1) is 19.0. The molecule has 1 aromatic carbocycles. The van der Waals surface area contributed by atoms with Crippen LogP contribution in [-0.2, 0) is 14.4 Å². The van der Waals surface area contributed by atoms with Crippen molar-refractivity contribution in [3.8, 4) is 5.75 Å². The molecule has 0 saturated heterocycles. The molecule has 3 N–H and O–H groups in total. The number of hydrogen-bond donors (Lipinski definition) is 3. The van der Waals surface area contributed by atoms with Crippen LogP contribution in [0.5, 0.6) is 5.75 Å². The number of carbonyl (C=O) groups is 3. The van der Waals surface area contributed by atoms with E-state index in [1.54, 1.807) is 19.1 Å². The highest BCUT2D eigenvalue weighted by atomic mass is 16.5. The first-order valence-corrected chi connectivity index (χ1v) is 7.73. The zero-order valence-electron chi connectivity index (χ0n) is 14.2. The molecular formula is C17H18N2O7. The quantitative estimate of drug-likeness (QED) is 0.598. The number of carbonyl (C=O) groups excluding carboxylic acids is 2. The molecule has 2 amide bonds. The molecule has 0 radical (unpaired) electrons. The molecular weight excluding hydrogens is 344 g/mol. The van der Waals surface area contributed by atoms with Gasteiger partial charge in [0.25, 0.3) is 5.91 Å². The van der Waals surface area contributed by atoms with Crippen molar-refractivity contribution in [3.05, 3.63) is 40.2 Å². The Kier molecular flexibility index (Phi) is 5.94. The summed E-state index contributed by atoms with van der Waals surface area (Å²) in [5.74, 6) is -2.04. The van der Waals surface area contributed by atoms with E-state index in [0.717, 1.165) is 10.9 Å². The van der Waals surface area contributed by atoms with Crippen LogP contribution in [0.3, 0.4) is 0 Å². The average molecular weight is 362 g/mol. The summed E-state index contributed by atoms with van der Waals surface area (Å²) < 4.78 is 10.6. The predicted molar refractivity (Wildman–Crippen MR) is 91.0 cm³/mol. The van der Waals surface area contributed by atoms with E-state index >= 15 is 0 Å². The standard InChI is InChI=1S/C17H18N2O7/c1-9-5-16(23)26-13-6-11(3-4-12(9)13)25-10(2)17(24)19-7-14(20)18-8-15(21)22/h3-6,10H,7-8H2,1-2H3,(H,18,20)(H,19,24)(H,21,22)/t10-/m0/s1. The number of fused-ring (bicyclic) bond motifs is 1. The molecule has 0 spiro atoms. The lowest BCUT2D eigenvalue weighted by Crippen LogP contribution is -2.43. The van der Waals surface area contributed by atoms with Crippen LogP contribution in [0.4, 0.5) is 0 Å². The number of rotatable bonds is 7. The van der Waals surface area contributed by atoms with E-state index in [-0.39, 0.29) is 6.54 Å². The number of carboxylic acids is 1. The molecule has 0 saturated carbocycles. The minimum atomic E-state index is -1.18. The van der Waals surface area contributed by atoms with Crippen LogP contribution in [-0.4, -0.2) is 42.1 Å². The van der Waals surface area contributed by atoms with Crippen LogP contribution in [0.15, 0.2) is 33.5 Å². The van der Waals surface area contributed by atoms with E-state index in [1.807, 2.05) is 0 Å². The summed E-state index contributed by atoms with van der Waals surface area (Å²) in [5, 5.41) is 13.7. The predicted octanol–water partition coefficient (Wildman–Crippen LogP) is 0.186. The van der Waals surface area contributed by atoms with Crippen LogP contribution in [0, 0.1) is 6.92 Å². The number of amides is 2. The monoisotopic (exact) mass is 362 g/mol. The molecule has 0 aliphatic carbocycles. The molecule has 0 aliphatic heterocycles. The lowest BCUT2D eigenvalue weighted by Gasteiger charge is -2.15. The largest absolute Gasteiger partial charge is 0.481 e. The van der Waals surface area contributed by atoms with Gasteiger partial charge in [0.1, 0.15) is 17.9 Å². The van der Waals surface area contributed by atoms with Crippen LogP contribution >= 0.6 is 0 Å². The summed E-state index contributed by atoms with van der Waals surface area (Å²) in [6.45, 7) is 2.38. The highest BCUT2D eigenvalue weighted by Gasteiger charge is 2.16. The van der Waals surface area contributed by atoms with E-state index in [9.17, 15) is 19.2 Å². The summed E-state index contributed by atoms with van der Waals surface area (Å²) in [5.41, 5.74) is 0.624. The molecule has 2 rings (SSSR count). The van der Waals surface area contributed by atoms with E-state index in [2.05, 4.69) is 10.6 Å². The topological polar surface area (TPSA) is 135 Å². The van der Waals surface area contributed by atoms with Gasteiger partial charge in [0.05, 0.1) is 6.54 Å². The number of hydrogen-bond acceptors (Lipinski definition) is 6. The summed E-state index contributed by atoms with van der Waals surface area (Å²) in [6, 6.07) is 6.24. The molecule has 26 heavy (non-hydrogen) atoms. The van der Waals surface area contributed by atoms with Gasteiger partial charge >= 0.3 is 11.6 Å². The first-order chi connectivity index (χ1) is 12.3. The Morgan fingerprint density at radius 1 is 1.19 bits per heavy atom. The fourth-order valence-corrected chi connectivity index (χ4v) is 2.18. The van der Waals surface area contributed by atoms with Gasteiger partial charge in [-0.25, -0.2) is 4.79 Å². The van der Waals surface area contributed by atoms with Crippen molar-refractivity contribution in [2.75, 3.05) is 13.1 Å². The molecule has 0 fully saturated rings. The highest BCUT2D eigenvalue weighted by Crippen LogP contribution is 2.22. The fraction of sp³-hybridized carbons (Fsp3) is 0.294. The van der Waals surface area contributed by atoms with Crippen LogP contribution in [0.1, 0.15) is 12.5 Å². The second-order valence-electron chi connectivity index (χ2n) is 5.55. The maximum Gasteiger partial charge on any atom is 0.336 e. The normalized spacial score (nSPS) is 11.6. The van der Waals surface area contributed by atoms with Gasteiger partial charge in [0.2, 0.25) is 5.91 Å². The van der Waals surface area contributed by atoms with E-state index in [0.29, 0.717) is 11.3 Å². The summed E-state index contributed by atoms with van der Waals surface area (Å²) in [6.07, 6.45) is -0.920. The molecule has 0 bridgehead atoms. The fourth-order valence-electron chi connectivity index (χ4n) is 2.18. The zero-order chi connectivity index (χ0) is 19.3. The second-order valence-corrected chi connectivity index (χ2v) is 5.55. The lowest BCUT2D eigenvalue weighted by molar-refractivity contribution is -0.137. The summed E-state index contributed by atoms with van der Waals surface area (Å²) in [4.78, 5) is 45.1. The first-order valence-electron chi connectivity index (χ1n) is 7.73. The number of nitrogens with one attached hydrogen (secondary N) is 2. The van der Waals surface area contributed by atoms with Crippen molar-refractivity contribution in [1.29, 1.82) is 0 Å². The Morgan fingerprint density at radius 3 is 2.62 bits per heavy atom. The molecule has 9 heteroatoms. The molecule has 138 valence electrons. The molecule has 1 heterocycles. The van der Waals surface area contributed by atoms with Crippen molar-refractivity contribution in [1.82, 2.24) is 10.6 Å². The van der Waals surface area contributed by atoms with Crippen molar-refractivity contribution in [2.24, 2.45) is 0 Å². The van der Waals surface area contributed by atoms with Crippen molar-refractivity contribution < 1.29 is 28.6 Å². The van der Waals surface area contributed by atoms with Gasteiger partial charge in [0, 0.05) is 17.5 Å². The van der Waals surface area contributed by atoms with Gasteiger partial charge < -0.3 is 24.9 Å². The summed E-state index contributed by atoms with van der Waals surface area (Å²) >= 11 is 0. The number of benzene rings is 1. The third-order valence-electron chi connectivity index (χ3n) is 3.46. The smallest absolute Gasteiger partial charge is 0.336 e. The summed E-state index contributed by atoms with van der Waals surface area (Å²) in [7, 11) is 0. The minimum Gasteiger partial charge on any atom is -0.481 e. The zero-order valence-corrected chi connectivity index (χ0v) is 14.2. The van der Waals surface area contributed by atoms with Gasteiger partial charge in [-0.3, -0.25) is 14.4 Å². The van der Waals surface area contributed by atoms with E-state index in [1.165, 1.54) is 19.1 Å². The number of carboxylic acid groups (broad SMARTS) is 1. The van der Waals surface area contributed by atoms with Crippen molar-refractivity contribution in [3.63, 3.8) is 0 Å². The molecule has 9 nitrogen and oxygen atoms in total. The Morgan fingerprint density at radius 2 is 1.92 bits per heavy atom. The Labute approximate surface area is 147 Å². The maximum absolute atomic E-state index is 12.0. The molecule has 0 aliphatic rings. The Bertz CT molecular complexity index is 904. The Balaban J connectivity index is 1.96. The molecule has 1 aromatic heterocycles. The molecule has 0 unspecified atom stereocenters. The SMILES string of the molecule is Cc1cc(=O)oc2cc(O[C@@H](C)C(=O)NCC(=O)NCC(=O)O)ccc12. The third kappa shape index (κ3) is 5.07. The Hall–Kier alpha value is -3.36. The van der Waals surface area contributed by atoms with Crippen LogP contribution in [0.25, 0.3) is 11.0 Å². The van der Waals surface area contributed by atoms with Crippen LogP contribution in [0.2, 0.25) is 0 Å². The average Bonchev–Trinajstić information content (AvgIpc) is 2.57.